The molecule has 26 heavy (non-hydrogen) atoms. The molecular weight excluding hydrogens is 324 g/mol. The summed E-state index contributed by atoms with van der Waals surface area (Å²) in [5.41, 5.74) is 3.83. The number of H-pyrrole nitrogens is 1. The van der Waals surface area contributed by atoms with Crippen LogP contribution in [0.2, 0.25) is 0 Å². The van der Waals surface area contributed by atoms with Crippen molar-refractivity contribution in [2.45, 2.75) is 45.6 Å². The summed E-state index contributed by atoms with van der Waals surface area (Å²) in [5, 5.41) is 5.46. The molecule has 0 saturated heterocycles. The first kappa shape index (κ1) is 17.0. The van der Waals surface area contributed by atoms with Crippen LogP contribution in [0.25, 0.3) is 16.5 Å². The molecule has 1 atom stereocenters. The van der Waals surface area contributed by atoms with Crippen LogP contribution >= 0.6 is 0 Å². The van der Waals surface area contributed by atoms with Gasteiger partial charge in [-0.3, -0.25) is 4.90 Å². The van der Waals surface area contributed by atoms with Crippen LogP contribution in [0.15, 0.2) is 41.1 Å². The van der Waals surface area contributed by atoms with Crippen LogP contribution in [0.5, 0.6) is 0 Å². The number of benzene rings is 1. The van der Waals surface area contributed by atoms with E-state index in [1.165, 1.54) is 22.0 Å². The highest BCUT2D eigenvalue weighted by Gasteiger charge is 2.27. The molecule has 0 unspecified atom stereocenters. The van der Waals surface area contributed by atoms with Gasteiger partial charge >= 0.3 is 0 Å². The van der Waals surface area contributed by atoms with Gasteiger partial charge in [0, 0.05) is 41.2 Å². The number of aromatic nitrogens is 3. The minimum absolute atomic E-state index is 0.0915. The molecule has 1 aromatic carbocycles. The van der Waals surface area contributed by atoms with Crippen molar-refractivity contribution in [2.75, 3.05) is 13.1 Å². The second-order valence-electron chi connectivity index (χ2n) is 8.10. The summed E-state index contributed by atoms with van der Waals surface area (Å²) < 4.78 is 5.53. The van der Waals surface area contributed by atoms with Gasteiger partial charge in [0.2, 0.25) is 5.89 Å². The molecule has 1 aliphatic rings. The van der Waals surface area contributed by atoms with E-state index in [0.29, 0.717) is 5.89 Å². The van der Waals surface area contributed by atoms with Crippen molar-refractivity contribution in [1.82, 2.24) is 20.0 Å². The predicted octanol–water partition coefficient (Wildman–Crippen LogP) is 4.70. The SMILES string of the molecule is C[C@H](c1nc(C(C)(C)C)no1)N1CC=C(c2c[nH]c3ccccc23)CC1. The fourth-order valence-corrected chi connectivity index (χ4v) is 3.48. The quantitative estimate of drug-likeness (QED) is 0.744. The van der Waals surface area contributed by atoms with Crippen LogP contribution in [0.4, 0.5) is 0 Å². The largest absolute Gasteiger partial charge is 0.361 e. The van der Waals surface area contributed by atoms with Gasteiger partial charge in [0.15, 0.2) is 5.82 Å². The number of nitrogens with one attached hydrogen (secondary N) is 1. The molecule has 0 spiro atoms. The predicted molar refractivity (Wildman–Crippen MR) is 104 cm³/mol. The number of nitrogens with zero attached hydrogens (tertiary/aromatic N) is 3. The molecule has 0 radical (unpaired) electrons. The maximum absolute atomic E-state index is 5.53. The van der Waals surface area contributed by atoms with Crippen molar-refractivity contribution >= 4 is 16.5 Å². The standard InChI is InChI=1S/C21H26N4O/c1-14(19-23-20(24-26-19)21(2,3)4)25-11-9-15(10-12-25)17-13-22-18-8-6-5-7-16(17)18/h5-9,13-14,22H,10-12H2,1-4H3/t14-/m1/s1. The number of para-hydroxylation sites is 1. The average molecular weight is 350 g/mol. The maximum atomic E-state index is 5.53. The highest BCUT2D eigenvalue weighted by Crippen LogP contribution is 2.32. The van der Waals surface area contributed by atoms with E-state index in [4.69, 9.17) is 4.52 Å². The van der Waals surface area contributed by atoms with Crippen LogP contribution < -0.4 is 0 Å². The summed E-state index contributed by atoms with van der Waals surface area (Å²) >= 11 is 0. The molecule has 4 rings (SSSR count). The van der Waals surface area contributed by atoms with Gasteiger partial charge in [-0.1, -0.05) is 50.2 Å². The Hall–Kier alpha value is -2.40. The first-order valence-electron chi connectivity index (χ1n) is 9.27. The summed E-state index contributed by atoms with van der Waals surface area (Å²) in [5.74, 6) is 1.48. The van der Waals surface area contributed by atoms with Gasteiger partial charge in [-0.25, -0.2) is 0 Å². The van der Waals surface area contributed by atoms with E-state index in [9.17, 15) is 0 Å². The zero-order valence-corrected chi connectivity index (χ0v) is 15.9. The molecule has 0 saturated carbocycles. The minimum atomic E-state index is -0.0915. The molecule has 136 valence electrons. The summed E-state index contributed by atoms with van der Waals surface area (Å²) in [6, 6.07) is 8.60. The van der Waals surface area contributed by atoms with Crippen LogP contribution in [-0.4, -0.2) is 33.1 Å². The molecule has 3 heterocycles. The number of aromatic amines is 1. The Morgan fingerprint density at radius 3 is 2.73 bits per heavy atom. The lowest BCUT2D eigenvalue weighted by atomic mass is 9.96. The monoisotopic (exact) mass is 350 g/mol. The van der Waals surface area contributed by atoms with Crippen molar-refractivity contribution in [3.63, 3.8) is 0 Å². The van der Waals surface area contributed by atoms with Gasteiger partial charge in [-0.15, -0.1) is 0 Å². The van der Waals surface area contributed by atoms with Crippen LogP contribution in [0.3, 0.4) is 0 Å². The van der Waals surface area contributed by atoms with Gasteiger partial charge in [0.25, 0.3) is 0 Å². The zero-order chi connectivity index (χ0) is 18.3. The topological polar surface area (TPSA) is 58.0 Å². The molecule has 3 aromatic rings. The Kier molecular flexibility index (Phi) is 4.19. The van der Waals surface area contributed by atoms with Crippen molar-refractivity contribution in [2.24, 2.45) is 0 Å². The number of fused-ring (bicyclic) bond motifs is 1. The van der Waals surface area contributed by atoms with Gasteiger partial charge in [-0.2, -0.15) is 4.98 Å². The summed E-state index contributed by atoms with van der Waals surface area (Å²) in [6.07, 6.45) is 5.48. The van der Waals surface area contributed by atoms with E-state index in [2.05, 4.69) is 84.3 Å². The number of rotatable bonds is 3. The van der Waals surface area contributed by atoms with Crippen molar-refractivity contribution in [3.05, 3.63) is 53.8 Å². The third kappa shape index (κ3) is 3.07. The molecule has 1 aliphatic heterocycles. The van der Waals surface area contributed by atoms with E-state index in [1.807, 2.05) is 0 Å². The van der Waals surface area contributed by atoms with Crippen LogP contribution in [0, 0.1) is 0 Å². The molecule has 0 aliphatic carbocycles. The maximum Gasteiger partial charge on any atom is 0.243 e. The zero-order valence-electron chi connectivity index (χ0n) is 15.9. The second-order valence-corrected chi connectivity index (χ2v) is 8.10. The van der Waals surface area contributed by atoms with Gasteiger partial charge in [0.1, 0.15) is 0 Å². The van der Waals surface area contributed by atoms with E-state index >= 15 is 0 Å². The fraction of sp³-hybridized carbons (Fsp3) is 0.429. The fourth-order valence-electron chi connectivity index (χ4n) is 3.48. The van der Waals surface area contributed by atoms with E-state index in [-0.39, 0.29) is 11.5 Å². The van der Waals surface area contributed by atoms with Gasteiger partial charge in [-0.05, 0) is 25.0 Å². The first-order chi connectivity index (χ1) is 12.4. The van der Waals surface area contributed by atoms with E-state index < -0.39 is 0 Å². The van der Waals surface area contributed by atoms with Crippen molar-refractivity contribution in [3.8, 4) is 0 Å². The minimum Gasteiger partial charge on any atom is -0.361 e. The third-order valence-corrected chi connectivity index (χ3v) is 5.19. The molecule has 2 aromatic heterocycles. The molecule has 5 nitrogen and oxygen atoms in total. The Morgan fingerprint density at radius 1 is 1.23 bits per heavy atom. The summed E-state index contributed by atoms with van der Waals surface area (Å²) in [7, 11) is 0. The molecule has 0 fully saturated rings. The normalized spacial score (nSPS) is 17.5. The first-order valence-corrected chi connectivity index (χ1v) is 9.27. The number of hydrogen-bond donors (Lipinski definition) is 1. The Balaban J connectivity index is 1.51. The lowest BCUT2D eigenvalue weighted by Gasteiger charge is -2.29. The second kappa shape index (κ2) is 6.40. The molecule has 1 N–H and O–H groups in total. The molecular formula is C21H26N4O. The third-order valence-electron chi connectivity index (χ3n) is 5.19. The Bertz CT molecular complexity index is 944. The highest BCUT2D eigenvalue weighted by molar-refractivity contribution is 5.92. The van der Waals surface area contributed by atoms with Gasteiger partial charge in [0.05, 0.1) is 6.04 Å². The lowest BCUT2D eigenvalue weighted by molar-refractivity contribution is 0.189. The number of hydrogen-bond acceptors (Lipinski definition) is 4. The average Bonchev–Trinajstić information content (AvgIpc) is 3.28. The Morgan fingerprint density at radius 2 is 2.04 bits per heavy atom. The molecule has 0 amide bonds. The Labute approximate surface area is 154 Å². The summed E-state index contributed by atoms with van der Waals surface area (Å²) in [6.45, 7) is 10.3. The van der Waals surface area contributed by atoms with Crippen LogP contribution in [0.1, 0.15) is 57.4 Å². The van der Waals surface area contributed by atoms with Gasteiger partial charge < -0.3 is 9.51 Å². The highest BCUT2D eigenvalue weighted by atomic mass is 16.5. The lowest BCUT2D eigenvalue weighted by Crippen LogP contribution is -2.31. The molecule has 0 bridgehead atoms. The molecule has 5 heteroatoms. The van der Waals surface area contributed by atoms with E-state index in [1.54, 1.807) is 0 Å². The van der Waals surface area contributed by atoms with Crippen molar-refractivity contribution in [1.29, 1.82) is 0 Å². The smallest absolute Gasteiger partial charge is 0.243 e. The van der Waals surface area contributed by atoms with Crippen molar-refractivity contribution < 1.29 is 4.52 Å². The van der Waals surface area contributed by atoms with E-state index in [0.717, 1.165) is 25.3 Å². The van der Waals surface area contributed by atoms with Crippen LogP contribution in [-0.2, 0) is 5.41 Å². The summed E-state index contributed by atoms with van der Waals surface area (Å²) in [4.78, 5) is 10.4.